The lowest BCUT2D eigenvalue weighted by Gasteiger charge is -2.20. The minimum Gasteiger partial charge on any atom is -0.331 e. The Morgan fingerprint density at radius 1 is 1.35 bits per heavy atom. The van der Waals surface area contributed by atoms with Gasteiger partial charge >= 0.3 is 0 Å². The van der Waals surface area contributed by atoms with Crippen molar-refractivity contribution < 1.29 is 9.18 Å². The van der Waals surface area contributed by atoms with Gasteiger partial charge in [-0.3, -0.25) is 4.79 Å². The number of carbonyl (C=O) groups excluding carboxylic acids is 1. The number of nitrogens with zero attached hydrogens (tertiary/aromatic N) is 1. The molecule has 0 unspecified atom stereocenters. The van der Waals surface area contributed by atoms with Crippen LogP contribution >= 0.6 is 15.9 Å². The molecule has 0 saturated heterocycles. The molecule has 0 aliphatic carbocycles. The van der Waals surface area contributed by atoms with E-state index in [9.17, 15) is 9.18 Å². The second kappa shape index (κ2) is 6.35. The molecule has 1 rings (SSSR count). The Balaban J connectivity index is 3.08. The van der Waals surface area contributed by atoms with Gasteiger partial charge < -0.3 is 4.90 Å². The third-order valence-corrected chi connectivity index (χ3v) is 2.82. The molecule has 17 heavy (non-hydrogen) atoms. The fraction of sp³-hybridized carbons (Fsp3) is 0.154. The summed E-state index contributed by atoms with van der Waals surface area (Å²) in [6.07, 6.45) is 3.19. The highest BCUT2D eigenvalue weighted by Gasteiger charge is 2.20. The van der Waals surface area contributed by atoms with E-state index in [1.54, 1.807) is 24.3 Å². The minimum atomic E-state index is -0.539. The molecule has 0 saturated carbocycles. The van der Waals surface area contributed by atoms with E-state index in [4.69, 9.17) is 0 Å². The number of rotatable bonds is 5. The van der Waals surface area contributed by atoms with Gasteiger partial charge in [0.05, 0.1) is 5.56 Å². The molecule has 0 radical (unpaired) electrons. The van der Waals surface area contributed by atoms with Gasteiger partial charge in [-0.1, -0.05) is 18.2 Å². The van der Waals surface area contributed by atoms with Crippen LogP contribution in [0.2, 0.25) is 0 Å². The Hall–Kier alpha value is -1.42. The Labute approximate surface area is 109 Å². The lowest BCUT2D eigenvalue weighted by Crippen LogP contribution is -2.32. The SMILES string of the molecule is C=CCN(CC=C)C(=O)c1c(F)cccc1Br. The maximum absolute atomic E-state index is 13.6. The van der Waals surface area contributed by atoms with E-state index in [2.05, 4.69) is 29.1 Å². The molecule has 0 aromatic heterocycles. The van der Waals surface area contributed by atoms with Crippen LogP contribution in [0.5, 0.6) is 0 Å². The average Bonchev–Trinajstić information content (AvgIpc) is 2.28. The molecule has 0 atom stereocenters. The second-order valence-electron chi connectivity index (χ2n) is 3.38. The highest BCUT2D eigenvalue weighted by Crippen LogP contribution is 2.21. The van der Waals surface area contributed by atoms with Gasteiger partial charge in [0.1, 0.15) is 5.82 Å². The van der Waals surface area contributed by atoms with Crippen molar-refractivity contribution in [1.82, 2.24) is 4.90 Å². The summed E-state index contributed by atoms with van der Waals surface area (Å²) < 4.78 is 14.1. The van der Waals surface area contributed by atoms with Crippen molar-refractivity contribution in [2.45, 2.75) is 0 Å². The summed E-state index contributed by atoms with van der Waals surface area (Å²) in [5.74, 6) is -0.919. The predicted octanol–water partition coefficient (Wildman–Crippen LogP) is 3.40. The molecule has 0 aliphatic rings. The van der Waals surface area contributed by atoms with Gasteiger partial charge in [-0.25, -0.2) is 4.39 Å². The minimum absolute atomic E-state index is 0.0381. The van der Waals surface area contributed by atoms with Gasteiger partial charge in [0.2, 0.25) is 0 Å². The molecule has 0 aliphatic heterocycles. The van der Waals surface area contributed by atoms with Crippen LogP contribution in [0.3, 0.4) is 0 Å². The maximum Gasteiger partial charge on any atom is 0.258 e. The first kappa shape index (κ1) is 13.6. The van der Waals surface area contributed by atoms with Crippen molar-refractivity contribution in [1.29, 1.82) is 0 Å². The molecule has 4 heteroatoms. The second-order valence-corrected chi connectivity index (χ2v) is 4.24. The number of carbonyl (C=O) groups is 1. The van der Waals surface area contributed by atoms with Crippen LogP contribution in [0, 0.1) is 5.82 Å². The summed E-state index contributed by atoms with van der Waals surface area (Å²) >= 11 is 3.18. The maximum atomic E-state index is 13.6. The molecule has 2 nitrogen and oxygen atoms in total. The monoisotopic (exact) mass is 297 g/mol. The number of benzene rings is 1. The Kier molecular flexibility index (Phi) is 5.10. The van der Waals surface area contributed by atoms with E-state index in [1.807, 2.05) is 0 Å². The van der Waals surface area contributed by atoms with Crippen molar-refractivity contribution in [3.63, 3.8) is 0 Å². The fourth-order valence-electron chi connectivity index (χ4n) is 1.41. The Morgan fingerprint density at radius 2 is 1.94 bits per heavy atom. The first-order valence-corrected chi connectivity index (χ1v) is 5.86. The van der Waals surface area contributed by atoms with Crippen LogP contribution in [-0.2, 0) is 0 Å². The smallest absolute Gasteiger partial charge is 0.258 e. The van der Waals surface area contributed by atoms with Crippen LogP contribution in [0.4, 0.5) is 4.39 Å². The van der Waals surface area contributed by atoms with Crippen LogP contribution in [0.25, 0.3) is 0 Å². The number of hydrogen-bond donors (Lipinski definition) is 0. The van der Waals surface area contributed by atoms with E-state index in [0.717, 1.165) is 0 Å². The Bertz CT molecular complexity index is 415. The summed E-state index contributed by atoms with van der Waals surface area (Å²) in [4.78, 5) is 13.6. The van der Waals surface area contributed by atoms with E-state index in [0.29, 0.717) is 17.6 Å². The third-order valence-electron chi connectivity index (χ3n) is 2.16. The third kappa shape index (κ3) is 3.27. The number of amides is 1. The van der Waals surface area contributed by atoms with Gasteiger partial charge in [-0.05, 0) is 28.1 Å². The van der Waals surface area contributed by atoms with E-state index in [-0.39, 0.29) is 11.5 Å². The fourth-order valence-corrected chi connectivity index (χ4v) is 1.92. The lowest BCUT2D eigenvalue weighted by molar-refractivity contribution is 0.0785. The molecule has 90 valence electrons. The molecule has 0 N–H and O–H groups in total. The van der Waals surface area contributed by atoms with Crippen molar-refractivity contribution in [2.24, 2.45) is 0 Å². The Morgan fingerprint density at radius 3 is 2.41 bits per heavy atom. The van der Waals surface area contributed by atoms with Crippen LogP contribution in [0.1, 0.15) is 10.4 Å². The molecule has 0 fully saturated rings. The topological polar surface area (TPSA) is 20.3 Å². The molecule has 0 bridgehead atoms. The highest BCUT2D eigenvalue weighted by molar-refractivity contribution is 9.10. The zero-order valence-corrected chi connectivity index (χ0v) is 10.9. The van der Waals surface area contributed by atoms with Gasteiger partial charge in [-0.2, -0.15) is 0 Å². The molecular weight excluding hydrogens is 285 g/mol. The van der Waals surface area contributed by atoms with Crippen LogP contribution < -0.4 is 0 Å². The van der Waals surface area contributed by atoms with Crippen molar-refractivity contribution in [3.8, 4) is 0 Å². The standard InChI is InChI=1S/C13H13BrFNO/c1-3-8-16(9-4-2)13(17)12-10(14)6-5-7-11(12)15/h3-7H,1-2,8-9H2. The number of halogens is 2. The molecule has 1 aromatic rings. The largest absolute Gasteiger partial charge is 0.331 e. The van der Waals surface area contributed by atoms with E-state index < -0.39 is 5.82 Å². The summed E-state index contributed by atoms with van der Waals surface area (Å²) in [6.45, 7) is 7.85. The van der Waals surface area contributed by atoms with Gasteiger partial charge in [0, 0.05) is 17.6 Å². The normalized spacial score (nSPS) is 9.76. The first-order valence-electron chi connectivity index (χ1n) is 5.07. The van der Waals surface area contributed by atoms with Crippen LogP contribution in [0.15, 0.2) is 48.0 Å². The summed E-state index contributed by atoms with van der Waals surface area (Å²) in [5.41, 5.74) is 0.0381. The quantitative estimate of drug-likeness (QED) is 0.763. The highest BCUT2D eigenvalue weighted by atomic mass is 79.9. The summed E-state index contributed by atoms with van der Waals surface area (Å²) in [6, 6.07) is 4.44. The van der Waals surface area contributed by atoms with Gasteiger partial charge in [-0.15, -0.1) is 13.2 Å². The molecular formula is C13H13BrFNO. The molecule has 1 amide bonds. The summed E-state index contributed by atoms with van der Waals surface area (Å²) in [7, 11) is 0. The van der Waals surface area contributed by atoms with E-state index >= 15 is 0 Å². The van der Waals surface area contributed by atoms with Crippen LogP contribution in [-0.4, -0.2) is 23.9 Å². The molecule has 0 spiro atoms. The molecule has 0 heterocycles. The summed E-state index contributed by atoms with van der Waals surface area (Å²) in [5, 5.41) is 0. The van der Waals surface area contributed by atoms with E-state index in [1.165, 1.54) is 11.0 Å². The zero-order chi connectivity index (χ0) is 12.8. The van der Waals surface area contributed by atoms with Gasteiger partial charge in [0.25, 0.3) is 5.91 Å². The lowest BCUT2D eigenvalue weighted by atomic mass is 10.2. The van der Waals surface area contributed by atoms with Crippen molar-refractivity contribution in [2.75, 3.05) is 13.1 Å². The first-order chi connectivity index (χ1) is 8.11. The average molecular weight is 298 g/mol. The van der Waals surface area contributed by atoms with Gasteiger partial charge in [0.15, 0.2) is 0 Å². The van der Waals surface area contributed by atoms with Crippen molar-refractivity contribution in [3.05, 3.63) is 59.4 Å². The zero-order valence-electron chi connectivity index (χ0n) is 9.33. The number of hydrogen-bond acceptors (Lipinski definition) is 1. The van der Waals surface area contributed by atoms with Crippen molar-refractivity contribution >= 4 is 21.8 Å². The predicted molar refractivity (Wildman–Crippen MR) is 70.4 cm³/mol. The molecule has 1 aromatic carbocycles.